The zero-order valence-electron chi connectivity index (χ0n) is 15.0. The molecule has 6 nitrogen and oxygen atoms in total. The van der Waals surface area contributed by atoms with Gasteiger partial charge in [-0.3, -0.25) is 9.59 Å². The summed E-state index contributed by atoms with van der Waals surface area (Å²) in [5, 5.41) is 30.8. The van der Waals surface area contributed by atoms with E-state index in [0.717, 1.165) is 11.9 Å². The predicted octanol–water partition coefficient (Wildman–Crippen LogP) is 2.11. The summed E-state index contributed by atoms with van der Waals surface area (Å²) in [7, 11) is 0. The first-order valence-corrected chi connectivity index (χ1v) is 9.42. The number of carbonyl (C=O) groups excluding carboxylic acids is 1. The normalized spacial score (nSPS) is 52.2. The van der Waals surface area contributed by atoms with Crippen molar-refractivity contribution in [1.29, 1.82) is 0 Å². The number of carboxylic acids is 2. The second kappa shape index (κ2) is 5.18. The van der Waals surface area contributed by atoms with Crippen LogP contribution >= 0.6 is 0 Å². The molecule has 0 heterocycles. The Balaban J connectivity index is 1.98. The van der Waals surface area contributed by atoms with Crippen LogP contribution in [0.4, 0.5) is 0 Å². The van der Waals surface area contributed by atoms with E-state index in [9.17, 15) is 29.7 Å². The average molecular weight is 362 g/mol. The quantitative estimate of drug-likeness (QED) is 0.524. The van der Waals surface area contributed by atoms with Gasteiger partial charge in [0.2, 0.25) is 0 Å². The number of aliphatic carboxylic acids is 2. The lowest BCUT2D eigenvalue weighted by Crippen LogP contribution is -2.52. The van der Waals surface area contributed by atoms with Gasteiger partial charge in [-0.1, -0.05) is 18.6 Å². The first-order valence-electron chi connectivity index (χ1n) is 9.42. The van der Waals surface area contributed by atoms with E-state index in [0.29, 0.717) is 38.5 Å². The number of aliphatic hydroxyl groups excluding tert-OH is 1. The monoisotopic (exact) mass is 362 g/mol. The van der Waals surface area contributed by atoms with Gasteiger partial charge in [0.25, 0.3) is 0 Å². The third-order valence-corrected chi connectivity index (χ3v) is 8.46. The Labute approximate surface area is 152 Å². The van der Waals surface area contributed by atoms with Crippen LogP contribution in [0.5, 0.6) is 0 Å². The third-order valence-electron chi connectivity index (χ3n) is 8.46. The van der Waals surface area contributed by atoms with Crippen LogP contribution in [0.15, 0.2) is 12.2 Å². The summed E-state index contributed by atoms with van der Waals surface area (Å²) in [5.41, 5.74) is -2.06. The smallest absolute Gasteiger partial charge is 0.309 e. The fourth-order valence-electron chi connectivity index (χ4n) is 7.61. The summed E-state index contributed by atoms with van der Waals surface area (Å²) in [6.45, 7) is 5.69. The van der Waals surface area contributed by atoms with Crippen molar-refractivity contribution in [3.8, 4) is 0 Å². The van der Waals surface area contributed by atoms with Crippen molar-refractivity contribution < 1.29 is 29.7 Å². The van der Waals surface area contributed by atoms with E-state index in [4.69, 9.17) is 0 Å². The van der Waals surface area contributed by atoms with Crippen LogP contribution in [-0.2, 0) is 14.4 Å². The molecule has 4 aliphatic rings. The lowest BCUT2D eigenvalue weighted by Gasteiger charge is -2.49. The number of carbonyl (C=O) groups is 3. The molecule has 0 unspecified atom stereocenters. The maximum absolute atomic E-state index is 12.5. The summed E-state index contributed by atoms with van der Waals surface area (Å²) in [6, 6.07) is 0. The molecule has 0 aliphatic heterocycles. The molecule has 4 fully saturated rings. The van der Waals surface area contributed by atoms with Gasteiger partial charge in [0.1, 0.15) is 6.29 Å². The molecular weight excluding hydrogens is 336 g/mol. The second-order valence-electron chi connectivity index (χ2n) is 9.33. The number of hydrogen-bond acceptors (Lipinski definition) is 4. The SMILES string of the molecule is C=C1C[C@]23C[C@H]1[C@H](O)C[C@@H]2[C@]1(C=O)CCC[C@@](C)(C(=O)O)[C@H]1[C@@H]3C(=O)O. The van der Waals surface area contributed by atoms with Crippen molar-refractivity contribution in [3.63, 3.8) is 0 Å². The van der Waals surface area contributed by atoms with Crippen LogP contribution in [0.25, 0.3) is 0 Å². The molecule has 0 aromatic rings. The first-order chi connectivity index (χ1) is 12.1. The lowest BCUT2D eigenvalue weighted by atomic mass is 9.53. The van der Waals surface area contributed by atoms with Gasteiger partial charge in [0, 0.05) is 17.3 Å². The summed E-state index contributed by atoms with van der Waals surface area (Å²) >= 11 is 0. The fourth-order valence-corrected chi connectivity index (χ4v) is 7.61. The van der Waals surface area contributed by atoms with Crippen molar-refractivity contribution >= 4 is 18.2 Å². The molecule has 0 amide bonds. The summed E-state index contributed by atoms with van der Waals surface area (Å²) < 4.78 is 0. The number of hydrogen-bond donors (Lipinski definition) is 3. The molecule has 4 rings (SSSR count). The van der Waals surface area contributed by atoms with E-state index < -0.39 is 46.1 Å². The molecule has 6 heteroatoms. The first kappa shape index (κ1) is 17.7. The predicted molar refractivity (Wildman–Crippen MR) is 91.1 cm³/mol. The lowest BCUT2D eigenvalue weighted by molar-refractivity contribution is -0.167. The largest absolute Gasteiger partial charge is 0.481 e. The molecule has 4 aliphatic carbocycles. The van der Waals surface area contributed by atoms with Gasteiger partial charge < -0.3 is 20.1 Å². The number of aldehydes is 1. The van der Waals surface area contributed by atoms with Crippen LogP contribution in [0.3, 0.4) is 0 Å². The maximum Gasteiger partial charge on any atom is 0.309 e. The molecule has 3 N–H and O–H groups in total. The Kier molecular flexibility index (Phi) is 3.53. The van der Waals surface area contributed by atoms with Gasteiger partial charge in [-0.2, -0.15) is 0 Å². The highest BCUT2D eigenvalue weighted by molar-refractivity contribution is 5.82. The van der Waals surface area contributed by atoms with Crippen molar-refractivity contribution in [2.45, 2.75) is 51.6 Å². The van der Waals surface area contributed by atoms with Crippen LogP contribution in [0.1, 0.15) is 45.4 Å². The van der Waals surface area contributed by atoms with Crippen molar-refractivity contribution in [3.05, 3.63) is 12.2 Å². The number of fused-ring (bicyclic) bond motifs is 3. The molecule has 0 radical (unpaired) electrons. The maximum atomic E-state index is 12.5. The van der Waals surface area contributed by atoms with Crippen molar-refractivity contribution in [2.75, 3.05) is 0 Å². The van der Waals surface area contributed by atoms with Gasteiger partial charge in [0.15, 0.2) is 0 Å². The van der Waals surface area contributed by atoms with Gasteiger partial charge in [-0.25, -0.2) is 0 Å². The van der Waals surface area contributed by atoms with Crippen LogP contribution in [-0.4, -0.2) is 39.6 Å². The molecule has 4 saturated carbocycles. The van der Waals surface area contributed by atoms with Gasteiger partial charge in [-0.05, 0) is 50.4 Å². The number of aliphatic hydroxyl groups is 1. The fraction of sp³-hybridized carbons (Fsp3) is 0.750. The Hall–Kier alpha value is -1.69. The Bertz CT molecular complexity index is 715. The topological polar surface area (TPSA) is 112 Å². The van der Waals surface area contributed by atoms with Crippen LogP contribution in [0, 0.1) is 39.9 Å². The minimum atomic E-state index is -1.25. The molecule has 26 heavy (non-hydrogen) atoms. The van der Waals surface area contributed by atoms with Gasteiger partial charge >= 0.3 is 11.9 Å². The van der Waals surface area contributed by atoms with Crippen LogP contribution in [0.2, 0.25) is 0 Å². The van der Waals surface area contributed by atoms with E-state index in [1.54, 1.807) is 6.92 Å². The molecule has 8 atom stereocenters. The van der Waals surface area contributed by atoms with Crippen molar-refractivity contribution in [2.24, 2.45) is 39.9 Å². The van der Waals surface area contributed by atoms with Crippen molar-refractivity contribution in [1.82, 2.24) is 0 Å². The van der Waals surface area contributed by atoms with E-state index in [1.165, 1.54) is 0 Å². The highest BCUT2D eigenvalue weighted by Crippen LogP contribution is 2.77. The molecule has 1 spiro atoms. The standard InChI is InChI=1S/C20H26O6/c1-10-7-20-8-11(10)12(22)6-13(20)19(9-21)5-3-4-18(2,17(25)26)15(19)14(20)16(23)24/h9,11-15,22H,1,3-8H2,2H3,(H,23,24)(H,25,26)/t11-,12-,13-,14-,15-,18-,19-,20+/m1/s1. The molecule has 0 saturated heterocycles. The average Bonchev–Trinajstić information content (AvgIpc) is 3.00. The molecule has 0 aromatic heterocycles. The van der Waals surface area contributed by atoms with E-state index in [1.807, 2.05) is 0 Å². The molecule has 0 aromatic carbocycles. The second-order valence-corrected chi connectivity index (χ2v) is 9.33. The summed E-state index contributed by atoms with van der Waals surface area (Å²) in [5.74, 6) is -4.13. The third kappa shape index (κ3) is 1.79. The zero-order valence-corrected chi connectivity index (χ0v) is 15.0. The summed E-state index contributed by atoms with van der Waals surface area (Å²) in [6.07, 6.45) is 3.00. The van der Waals surface area contributed by atoms with Crippen LogP contribution < -0.4 is 0 Å². The van der Waals surface area contributed by atoms with E-state index >= 15 is 0 Å². The van der Waals surface area contributed by atoms with Gasteiger partial charge in [-0.15, -0.1) is 0 Å². The summed E-state index contributed by atoms with van der Waals surface area (Å²) in [4.78, 5) is 37.1. The Morgan fingerprint density at radius 1 is 1.27 bits per heavy atom. The Morgan fingerprint density at radius 3 is 2.54 bits per heavy atom. The highest BCUT2D eigenvalue weighted by atomic mass is 16.4. The highest BCUT2D eigenvalue weighted by Gasteiger charge is 2.77. The minimum absolute atomic E-state index is 0.145. The zero-order chi connectivity index (χ0) is 19.1. The van der Waals surface area contributed by atoms with E-state index in [2.05, 4.69) is 6.58 Å². The molecular formula is C20H26O6. The minimum Gasteiger partial charge on any atom is -0.481 e. The number of rotatable bonds is 3. The van der Waals surface area contributed by atoms with Gasteiger partial charge in [0.05, 0.1) is 17.4 Å². The molecule has 142 valence electrons. The number of carboxylic acid groups (broad SMARTS) is 2. The molecule has 2 bridgehead atoms. The Morgan fingerprint density at radius 2 is 1.96 bits per heavy atom. The van der Waals surface area contributed by atoms with E-state index in [-0.39, 0.29) is 11.8 Å².